The molecule has 2 aliphatic heterocycles. The molecule has 0 radical (unpaired) electrons. The van der Waals surface area contributed by atoms with Crippen molar-refractivity contribution in [3.8, 4) is 11.8 Å². The Bertz CT molecular complexity index is 1150. The van der Waals surface area contributed by atoms with Crippen LogP contribution in [0, 0.1) is 11.8 Å². The Hall–Kier alpha value is -2.47. The third kappa shape index (κ3) is 5.37. The summed E-state index contributed by atoms with van der Waals surface area (Å²) in [5.74, 6) is 2.25. The molecule has 16 heteroatoms. The van der Waals surface area contributed by atoms with Crippen LogP contribution < -0.4 is 16.6 Å². The van der Waals surface area contributed by atoms with Crippen LogP contribution in [0.4, 0.5) is 13.2 Å². The van der Waals surface area contributed by atoms with Crippen molar-refractivity contribution in [2.75, 3.05) is 33.5 Å². The van der Waals surface area contributed by atoms with E-state index in [1.165, 1.54) is 12.4 Å². The lowest BCUT2D eigenvalue weighted by atomic mass is 10.0. The molecule has 0 spiro atoms. The lowest BCUT2D eigenvalue weighted by molar-refractivity contribution is -0.190. The number of halogens is 3. The number of H-pyrrole nitrogens is 1. The Balaban J connectivity index is 1.88. The first-order valence-corrected chi connectivity index (χ1v) is 11.3. The van der Waals surface area contributed by atoms with E-state index in [1.807, 2.05) is 4.98 Å². The highest BCUT2D eigenvalue weighted by Gasteiger charge is 2.64. The zero-order valence-electron chi connectivity index (χ0n) is 17.2. The van der Waals surface area contributed by atoms with E-state index in [0.717, 1.165) is 17.4 Å². The molecule has 182 valence electrons. The monoisotopic (exact) mass is 497 g/mol. The third-order valence-corrected chi connectivity index (χ3v) is 5.35. The second-order valence-corrected chi connectivity index (χ2v) is 9.12. The van der Waals surface area contributed by atoms with E-state index >= 15 is 0 Å². The topological polar surface area (TPSA) is 158 Å². The van der Waals surface area contributed by atoms with Crippen LogP contribution in [-0.2, 0) is 28.1 Å². The second kappa shape index (κ2) is 9.05. The smallest absolute Gasteiger partial charge is 0.381 e. The van der Waals surface area contributed by atoms with Crippen molar-refractivity contribution in [1.82, 2.24) is 14.9 Å². The number of carbonyl (C=O) groups is 1. The van der Waals surface area contributed by atoms with Crippen LogP contribution in [0.3, 0.4) is 0 Å². The number of amides is 1. The summed E-state index contributed by atoms with van der Waals surface area (Å²) >= 11 is 0. The highest BCUT2D eigenvalue weighted by atomic mass is 31.2. The van der Waals surface area contributed by atoms with Crippen molar-refractivity contribution in [3.63, 3.8) is 0 Å². The minimum Gasteiger partial charge on any atom is -0.381 e. The molecule has 0 aromatic carbocycles. The van der Waals surface area contributed by atoms with E-state index in [2.05, 4.69) is 11.8 Å². The number of rotatable bonds is 6. The van der Waals surface area contributed by atoms with Gasteiger partial charge in [0.05, 0.1) is 19.8 Å². The van der Waals surface area contributed by atoms with Gasteiger partial charge in [0.1, 0.15) is 23.4 Å². The van der Waals surface area contributed by atoms with E-state index in [-0.39, 0.29) is 18.8 Å². The molecule has 1 aromatic heterocycles. The van der Waals surface area contributed by atoms with E-state index in [1.54, 1.807) is 0 Å². The van der Waals surface area contributed by atoms with Crippen LogP contribution >= 0.6 is 7.60 Å². The summed E-state index contributed by atoms with van der Waals surface area (Å²) in [6.45, 7) is 0.0973. The summed E-state index contributed by atoms with van der Waals surface area (Å²) in [4.78, 5) is 46.9. The molecule has 2 fully saturated rings. The third-order valence-electron chi connectivity index (χ3n) is 4.73. The molecule has 12 nitrogen and oxygen atoms in total. The van der Waals surface area contributed by atoms with Crippen molar-refractivity contribution in [2.45, 2.75) is 30.2 Å². The first kappa shape index (κ1) is 25.2. The Morgan fingerprint density at radius 3 is 2.79 bits per heavy atom. The Labute approximate surface area is 183 Å². The van der Waals surface area contributed by atoms with Crippen molar-refractivity contribution >= 4 is 13.5 Å². The zero-order chi connectivity index (χ0) is 24.6. The number of aromatic nitrogens is 2. The van der Waals surface area contributed by atoms with Crippen molar-refractivity contribution in [2.24, 2.45) is 0 Å². The van der Waals surface area contributed by atoms with Gasteiger partial charge < -0.3 is 24.4 Å². The first-order chi connectivity index (χ1) is 15.3. The van der Waals surface area contributed by atoms with Gasteiger partial charge in [-0.2, -0.15) is 13.2 Å². The molecular weight excluding hydrogens is 478 g/mol. The molecule has 2 unspecified atom stereocenters. The van der Waals surface area contributed by atoms with Gasteiger partial charge in [-0.25, -0.2) is 4.79 Å². The predicted octanol–water partition coefficient (Wildman–Crippen LogP) is -0.920. The number of nitrogens with one attached hydrogen (secondary N) is 2. The van der Waals surface area contributed by atoms with Gasteiger partial charge in [0.15, 0.2) is 6.23 Å². The summed E-state index contributed by atoms with van der Waals surface area (Å²) in [5, 5.41) is 1.52. The number of nitrogens with zero attached hydrogens (tertiary/aromatic N) is 1. The molecule has 0 saturated carbocycles. The molecule has 1 aromatic rings. The molecule has 3 N–H and O–H groups in total. The fourth-order valence-corrected chi connectivity index (χ4v) is 4.19. The summed E-state index contributed by atoms with van der Waals surface area (Å²) < 4.78 is 71.2. The number of hydrogen-bond donors (Lipinski definition) is 3. The molecule has 1 amide bonds. The number of fused-ring (bicyclic) bond motifs is 2. The summed E-state index contributed by atoms with van der Waals surface area (Å²) in [7, 11) is -2.64. The van der Waals surface area contributed by atoms with Crippen LogP contribution in [0.5, 0.6) is 0 Å². The molecule has 33 heavy (non-hydrogen) atoms. The van der Waals surface area contributed by atoms with Gasteiger partial charge in [-0.15, -0.1) is 0 Å². The molecular formula is C17H19F3N3O9P. The van der Waals surface area contributed by atoms with E-state index in [4.69, 9.17) is 18.7 Å². The van der Waals surface area contributed by atoms with Crippen LogP contribution in [0.15, 0.2) is 15.8 Å². The second-order valence-electron chi connectivity index (χ2n) is 7.30. The molecule has 3 rings (SSSR count). The molecule has 2 saturated heterocycles. The van der Waals surface area contributed by atoms with E-state index < -0.39 is 61.5 Å². The Morgan fingerprint density at radius 1 is 1.48 bits per heavy atom. The molecule has 3 heterocycles. The maximum absolute atomic E-state index is 12.4. The number of carbonyl (C=O) groups excluding carboxylic acids is 1. The fourth-order valence-electron chi connectivity index (χ4n) is 3.46. The number of methoxy groups -OCH3 is 1. The average molecular weight is 497 g/mol. The zero-order valence-corrected chi connectivity index (χ0v) is 18.1. The number of alkyl halides is 3. The van der Waals surface area contributed by atoms with E-state index in [0.29, 0.717) is 0 Å². The highest BCUT2D eigenvalue weighted by molar-refractivity contribution is 7.51. The minimum absolute atomic E-state index is 0.0592. The van der Waals surface area contributed by atoms with Crippen LogP contribution in [0.1, 0.15) is 11.8 Å². The maximum atomic E-state index is 12.4. The van der Waals surface area contributed by atoms with Gasteiger partial charge in [-0.3, -0.25) is 28.2 Å². The summed E-state index contributed by atoms with van der Waals surface area (Å²) in [5.41, 5.74) is -3.49. The quantitative estimate of drug-likeness (QED) is 0.334. The van der Waals surface area contributed by atoms with Crippen LogP contribution in [0.25, 0.3) is 0 Å². The van der Waals surface area contributed by atoms with Gasteiger partial charge in [0.25, 0.3) is 5.56 Å². The van der Waals surface area contributed by atoms with Crippen LogP contribution in [-0.4, -0.2) is 77.9 Å². The summed E-state index contributed by atoms with van der Waals surface area (Å²) in [6.07, 6.45) is -7.42. The molecule has 5 atom stereocenters. The van der Waals surface area contributed by atoms with Crippen LogP contribution in [0.2, 0.25) is 0 Å². The van der Waals surface area contributed by atoms with E-state index in [9.17, 15) is 37.0 Å². The summed E-state index contributed by atoms with van der Waals surface area (Å²) in [6, 6.07) is 0. The molecule has 2 bridgehead atoms. The van der Waals surface area contributed by atoms with Gasteiger partial charge >= 0.3 is 25.4 Å². The highest BCUT2D eigenvalue weighted by Crippen LogP contribution is 2.52. The van der Waals surface area contributed by atoms with Gasteiger partial charge in [0, 0.05) is 20.0 Å². The average Bonchev–Trinajstić information content (AvgIpc) is 3.15. The lowest BCUT2D eigenvalue weighted by Gasteiger charge is -2.31. The Morgan fingerprint density at radius 2 is 2.18 bits per heavy atom. The molecule has 2 aliphatic rings. The number of ether oxygens (including phenoxy) is 3. The van der Waals surface area contributed by atoms with Crippen molar-refractivity contribution in [3.05, 3.63) is 32.6 Å². The van der Waals surface area contributed by atoms with Crippen molar-refractivity contribution in [1.29, 1.82) is 0 Å². The standard InChI is InChI=1S/C17H19F3N3O9P/c1-29-7-16-8-30-10(11(16)32-33(2,27)28)13(31-16)23-6-9(12(24)22-15(23)26)4-3-5-21-14(25)17(18,19)20/h6,10-11,13H,5,7-8H2,1-2H3,(H,21,25)(H,27,28)(H,22,24,26)/t10?,11-,13-,16+/m1/s1. The first-order valence-electron chi connectivity index (χ1n) is 9.24. The minimum atomic E-state index is -5.08. The van der Waals surface area contributed by atoms with Crippen molar-refractivity contribution < 1.29 is 46.2 Å². The lowest BCUT2D eigenvalue weighted by Crippen LogP contribution is -2.46. The largest absolute Gasteiger partial charge is 0.471 e. The predicted molar refractivity (Wildman–Crippen MR) is 102 cm³/mol. The normalized spacial score (nSPS) is 28.1. The number of aromatic amines is 1. The van der Waals surface area contributed by atoms with Gasteiger partial charge in [-0.05, 0) is 0 Å². The van der Waals surface area contributed by atoms with Gasteiger partial charge in [0.2, 0.25) is 0 Å². The number of hydrogen-bond acceptors (Lipinski definition) is 8. The fraction of sp³-hybridized carbons (Fsp3) is 0.588. The van der Waals surface area contributed by atoms with Gasteiger partial charge in [-0.1, -0.05) is 11.8 Å². The molecule has 0 aliphatic carbocycles. The maximum Gasteiger partial charge on any atom is 0.471 e. The SMILES string of the molecule is COC[C@@]12COC([C@H](n3cc(C#CCNC(=O)C(F)(F)F)c(=O)[nH]c3=O)O1)[C@H]2OP(C)(=O)O. The Kier molecular flexibility index (Phi) is 6.90.